The molecule has 1 heterocycles. The van der Waals surface area contributed by atoms with Gasteiger partial charge >= 0.3 is 0 Å². The van der Waals surface area contributed by atoms with Crippen LogP contribution in [0.1, 0.15) is 29.8 Å². The lowest BCUT2D eigenvalue weighted by atomic mass is 9.80. The zero-order chi connectivity index (χ0) is 14.2. The first-order valence-corrected chi connectivity index (χ1v) is 6.70. The van der Waals surface area contributed by atoms with Crippen LogP contribution in [0.4, 0.5) is 0 Å². The van der Waals surface area contributed by atoms with Crippen molar-refractivity contribution in [3.8, 4) is 0 Å². The van der Waals surface area contributed by atoms with Gasteiger partial charge < -0.3 is 15.4 Å². The molecule has 0 saturated heterocycles. The minimum atomic E-state index is -0.771. The fourth-order valence-electron chi connectivity index (χ4n) is 2.43. The van der Waals surface area contributed by atoms with Crippen molar-refractivity contribution < 1.29 is 9.90 Å². The summed E-state index contributed by atoms with van der Waals surface area (Å²) in [6.07, 6.45) is 2.40. The van der Waals surface area contributed by atoms with Crippen LogP contribution < -0.4 is 10.9 Å². The van der Waals surface area contributed by atoms with E-state index in [1.54, 1.807) is 24.3 Å². The molecular weight excluding hydrogens is 256 g/mol. The number of carbonyl (C=O) groups excluding carboxylic acids is 1. The number of benzene rings is 1. The van der Waals surface area contributed by atoms with Crippen molar-refractivity contribution in [1.82, 2.24) is 10.3 Å². The van der Waals surface area contributed by atoms with Crippen LogP contribution in [0.15, 0.2) is 35.1 Å². The molecule has 1 aromatic heterocycles. The van der Waals surface area contributed by atoms with E-state index in [4.69, 9.17) is 0 Å². The lowest BCUT2D eigenvalue weighted by molar-refractivity contribution is -0.0300. The smallest absolute Gasteiger partial charge is 0.267 e. The maximum atomic E-state index is 12.0. The predicted octanol–water partition coefficient (Wildman–Crippen LogP) is 1.17. The molecule has 3 rings (SSSR count). The van der Waals surface area contributed by atoms with Crippen LogP contribution in [0.2, 0.25) is 0 Å². The molecule has 104 valence electrons. The minimum absolute atomic E-state index is 0.219. The van der Waals surface area contributed by atoms with Crippen molar-refractivity contribution in [3.63, 3.8) is 0 Å². The lowest BCUT2D eigenvalue weighted by Gasteiger charge is -2.36. The van der Waals surface area contributed by atoms with Crippen LogP contribution in [-0.4, -0.2) is 28.1 Å². The number of aliphatic hydroxyl groups is 1. The maximum Gasteiger partial charge on any atom is 0.267 e. The number of rotatable bonds is 3. The van der Waals surface area contributed by atoms with Crippen molar-refractivity contribution in [3.05, 3.63) is 46.4 Å². The zero-order valence-electron chi connectivity index (χ0n) is 11.0. The molecule has 20 heavy (non-hydrogen) atoms. The van der Waals surface area contributed by atoms with Gasteiger partial charge in [-0.25, -0.2) is 0 Å². The van der Waals surface area contributed by atoms with Gasteiger partial charge in [0.2, 0.25) is 0 Å². The van der Waals surface area contributed by atoms with Crippen LogP contribution in [0.25, 0.3) is 10.8 Å². The molecule has 1 fully saturated rings. The van der Waals surface area contributed by atoms with Gasteiger partial charge in [-0.05, 0) is 36.8 Å². The van der Waals surface area contributed by atoms with Gasteiger partial charge in [0.15, 0.2) is 0 Å². The van der Waals surface area contributed by atoms with Gasteiger partial charge in [0.1, 0.15) is 5.69 Å². The molecule has 0 bridgehead atoms. The van der Waals surface area contributed by atoms with Crippen molar-refractivity contribution in [2.75, 3.05) is 6.54 Å². The highest BCUT2D eigenvalue weighted by molar-refractivity contribution is 5.96. The summed E-state index contributed by atoms with van der Waals surface area (Å²) in [4.78, 5) is 26.5. The van der Waals surface area contributed by atoms with Gasteiger partial charge in [-0.3, -0.25) is 9.59 Å². The largest absolute Gasteiger partial charge is 0.388 e. The third-order valence-electron chi connectivity index (χ3n) is 3.86. The van der Waals surface area contributed by atoms with Crippen LogP contribution in [-0.2, 0) is 0 Å². The highest BCUT2D eigenvalue weighted by Gasteiger charge is 2.34. The number of pyridine rings is 1. The Kier molecular flexibility index (Phi) is 3.06. The summed E-state index contributed by atoms with van der Waals surface area (Å²) in [5.41, 5.74) is -0.834. The summed E-state index contributed by atoms with van der Waals surface area (Å²) in [6.45, 7) is 0.223. The van der Waals surface area contributed by atoms with Gasteiger partial charge in [-0.2, -0.15) is 0 Å². The zero-order valence-corrected chi connectivity index (χ0v) is 11.0. The van der Waals surface area contributed by atoms with E-state index in [9.17, 15) is 14.7 Å². The fourth-order valence-corrected chi connectivity index (χ4v) is 2.43. The Balaban J connectivity index is 1.82. The topological polar surface area (TPSA) is 82.2 Å². The van der Waals surface area contributed by atoms with Gasteiger partial charge in [0.25, 0.3) is 11.5 Å². The average Bonchev–Trinajstić information content (AvgIpc) is 2.42. The summed E-state index contributed by atoms with van der Waals surface area (Å²) in [7, 11) is 0. The Morgan fingerprint density at radius 1 is 1.35 bits per heavy atom. The second-order valence-corrected chi connectivity index (χ2v) is 5.36. The molecule has 3 N–H and O–H groups in total. The number of hydrogen-bond acceptors (Lipinski definition) is 3. The normalized spacial score (nSPS) is 16.6. The number of aromatic nitrogens is 1. The van der Waals surface area contributed by atoms with Crippen LogP contribution in [0.5, 0.6) is 0 Å². The first kappa shape index (κ1) is 12.9. The lowest BCUT2D eigenvalue weighted by Crippen LogP contribution is -2.48. The summed E-state index contributed by atoms with van der Waals surface area (Å²) in [6, 6.07) is 8.76. The summed E-state index contributed by atoms with van der Waals surface area (Å²) in [5, 5.41) is 13.9. The minimum Gasteiger partial charge on any atom is -0.388 e. The molecule has 1 aliphatic rings. The SMILES string of the molecule is O=C(NCC1(O)CCC1)c1cc2ccccc2c(=O)[nH]1. The monoisotopic (exact) mass is 272 g/mol. The molecule has 1 aliphatic carbocycles. The Bertz CT molecular complexity index is 716. The molecule has 0 aliphatic heterocycles. The second-order valence-electron chi connectivity index (χ2n) is 5.36. The van der Waals surface area contributed by atoms with Crippen molar-refractivity contribution in [1.29, 1.82) is 0 Å². The number of hydrogen-bond donors (Lipinski definition) is 3. The number of carbonyl (C=O) groups is 1. The van der Waals surface area contributed by atoms with E-state index >= 15 is 0 Å². The molecule has 0 radical (unpaired) electrons. The van der Waals surface area contributed by atoms with E-state index < -0.39 is 5.60 Å². The molecule has 0 spiro atoms. The van der Waals surface area contributed by atoms with E-state index in [1.165, 1.54) is 0 Å². The van der Waals surface area contributed by atoms with E-state index in [1.807, 2.05) is 6.07 Å². The molecule has 5 heteroatoms. The molecular formula is C15H16N2O3. The van der Waals surface area contributed by atoms with Gasteiger partial charge in [-0.15, -0.1) is 0 Å². The molecule has 0 atom stereocenters. The first-order chi connectivity index (χ1) is 9.57. The number of nitrogens with one attached hydrogen (secondary N) is 2. The standard InChI is InChI=1S/C15H16N2O3/c18-13-11-5-2-1-4-10(11)8-12(17-13)14(19)16-9-15(20)6-3-7-15/h1-2,4-5,8,20H,3,6-7,9H2,(H,16,19)(H,17,18). The number of H-pyrrole nitrogens is 1. The van der Waals surface area contributed by atoms with E-state index in [0.29, 0.717) is 18.2 Å². The van der Waals surface area contributed by atoms with Gasteiger partial charge in [0.05, 0.1) is 5.60 Å². The second kappa shape index (κ2) is 4.76. The summed E-state index contributed by atoms with van der Waals surface area (Å²) >= 11 is 0. The molecule has 1 saturated carbocycles. The van der Waals surface area contributed by atoms with Gasteiger partial charge in [0, 0.05) is 11.9 Å². The predicted molar refractivity (Wildman–Crippen MR) is 75.7 cm³/mol. The maximum absolute atomic E-state index is 12.0. The summed E-state index contributed by atoms with van der Waals surface area (Å²) < 4.78 is 0. The molecule has 1 amide bonds. The number of fused-ring (bicyclic) bond motifs is 1. The Morgan fingerprint density at radius 2 is 2.10 bits per heavy atom. The van der Waals surface area contributed by atoms with E-state index in [2.05, 4.69) is 10.3 Å². The molecule has 5 nitrogen and oxygen atoms in total. The highest BCUT2D eigenvalue weighted by atomic mass is 16.3. The highest BCUT2D eigenvalue weighted by Crippen LogP contribution is 2.30. The fraction of sp³-hybridized carbons (Fsp3) is 0.333. The van der Waals surface area contributed by atoms with Crippen molar-refractivity contribution in [2.24, 2.45) is 0 Å². The van der Waals surface area contributed by atoms with Crippen molar-refractivity contribution in [2.45, 2.75) is 24.9 Å². The molecule has 1 aromatic carbocycles. The van der Waals surface area contributed by atoms with Crippen LogP contribution in [0, 0.1) is 0 Å². The Morgan fingerprint density at radius 3 is 2.80 bits per heavy atom. The van der Waals surface area contributed by atoms with Crippen LogP contribution in [0.3, 0.4) is 0 Å². The van der Waals surface area contributed by atoms with Gasteiger partial charge in [-0.1, -0.05) is 18.2 Å². The Labute approximate surface area is 115 Å². The third kappa shape index (κ3) is 2.32. The quantitative estimate of drug-likeness (QED) is 0.784. The molecule has 0 unspecified atom stereocenters. The van der Waals surface area contributed by atoms with Crippen molar-refractivity contribution >= 4 is 16.7 Å². The molecule has 2 aromatic rings. The first-order valence-electron chi connectivity index (χ1n) is 6.70. The number of amides is 1. The average molecular weight is 272 g/mol. The summed E-state index contributed by atoms with van der Waals surface area (Å²) in [5.74, 6) is -0.367. The van der Waals surface area contributed by atoms with E-state index in [-0.39, 0.29) is 23.7 Å². The van der Waals surface area contributed by atoms with E-state index in [0.717, 1.165) is 11.8 Å². The third-order valence-corrected chi connectivity index (χ3v) is 3.86. The number of aromatic amines is 1. The van der Waals surface area contributed by atoms with Crippen LogP contribution >= 0.6 is 0 Å². The Hall–Kier alpha value is -2.14.